The van der Waals surface area contributed by atoms with Gasteiger partial charge in [-0.1, -0.05) is 19.1 Å². The molecule has 0 radical (unpaired) electrons. The molecule has 6 nitrogen and oxygen atoms in total. The van der Waals surface area contributed by atoms with Gasteiger partial charge in [-0.05, 0) is 55.3 Å². The highest BCUT2D eigenvalue weighted by Gasteiger charge is 2.18. The van der Waals surface area contributed by atoms with Gasteiger partial charge in [0, 0.05) is 6.04 Å². The Bertz CT molecular complexity index is 883. The summed E-state index contributed by atoms with van der Waals surface area (Å²) < 4.78 is 44.1. The molecule has 0 aromatic heterocycles. The maximum absolute atomic E-state index is 13.1. The number of hydrogen-bond donors (Lipinski definition) is 1. The number of anilines is 1. The molecule has 0 saturated heterocycles. The van der Waals surface area contributed by atoms with Gasteiger partial charge in [0.25, 0.3) is 5.91 Å². The van der Waals surface area contributed by atoms with Crippen molar-refractivity contribution in [2.24, 2.45) is 0 Å². The Morgan fingerprint density at radius 1 is 1.14 bits per heavy atom. The van der Waals surface area contributed by atoms with E-state index in [1.165, 1.54) is 16.4 Å². The van der Waals surface area contributed by atoms with Crippen LogP contribution in [0.4, 0.5) is 10.1 Å². The van der Waals surface area contributed by atoms with E-state index in [1.807, 2.05) is 13.8 Å². The normalized spacial score (nSPS) is 12.3. The van der Waals surface area contributed by atoms with Crippen LogP contribution in [0.2, 0.25) is 0 Å². The van der Waals surface area contributed by atoms with Crippen LogP contribution in [-0.2, 0) is 21.4 Å². The summed E-state index contributed by atoms with van der Waals surface area (Å²) in [4.78, 5) is 11.8. The molecular formula is C20H25FN2O4S. The van der Waals surface area contributed by atoms with Crippen molar-refractivity contribution in [3.8, 4) is 5.75 Å². The number of carbonyl (C=O) groups is 1. The first-order valence-electron chi connectivity index (χ1n) is 8.93. The Balaban J connectivity index is 2.07. The van der Waals surface area contributed by atoms with E-state index in [4.69, 9.17) is 4.74 Å². The summed E-state index contributed by atoms with van der Waals surface area (Å²) in [6.45, 7) is 3.85. The molecule has 2 aromatic rings. The van der Waals surface area contributed by atoms with Crippen molar-refractivity contribution in [2.75, 3.05) is 17.2 Å². The fourth-order valence-corrected chi connectivity index (χ4v) is 3.32. The van der Waals surface area contributed by atoms with Crippen LogP contribution in [0, 0.1) is 5.82 Å². The van der Waals surface area contributed by atoms with Gasteiger partial charge in [-0.25, -0.2) is 12.8 Å². The maximum Gasteiger partial charge on any atom is 0.258 e. The van der Waals surface area contributed by atoms with E-state index in [0.717, 1.165) is 12.7 Å². The van der Waals surface area contributed by atoms with E-state index in [-0.39, 0.29) is 30.9 Å². The van der Waals surface area contributed by atoms with Gasteiger partial charge in [0.15, 0.2) is 6.61 Å². The lowest BCUT2D eigenvalue weighted by atomic mass is 10.2. The molecule has 28 heavy (non-hydrogen) atoms. The number of rotatable bonds is 9. The average Bonchev–Trinajstić information content (AvgIpc) is 2.65. The number of sulfonamides is 1. The Kier molecular flexibility index (Phi) is 7.39. The van der Waals surface area contributed by atoms with E-state index in [0.29, 0.717) is 17.0 Å². The second-order valence-corrected chi connectivity index (χ2v) is 8.46. The zero-order valence-electron chi connectivity index (χ0n) is 16.2. The molecule has 2 aromatic carbocycles. The molecule has 0 spiro atoms. The number of hydrogen-bond acceptors (Lipinski definition) is 4. The first-order chi connectivity index (χ1) is 13.2. The van der Waals surface area contributed by atoms with Crippen LogP contribution in [0.3, 0.4) is 0 Å². The van der Waals surface area contributed by atoms with Gasteiger partial charge in [-0.15, -0.1) is 0 Å². The minimum absolute atomic E-state index is 0.0771. The standard InChI is InChI=1S/C20H25FN2O4S/c1-4-15(2)22-20(24)14-27-19-11-9-18(10-12-19)23(28(3,25)26)13-16-5-7-17(21)8-6-16/h5-12,15H,4,13-14H2,1-3H3,(H,22,24)/t15-/m0/s1. The van der Waals surface area contributed by atoms with Crippen molar-refractivity contribution in [2.45, 2.75) is 32.9 Å². The molecule has 0 fully saturated rings. The van der Waals surface area contributed by atoms with Gasteiger partial charge in [0.05, 0.1) is 18.5 Å². The largest absolute Gasteiger partial charge is 0.484 e. The van der Waals surface area contributed by atoms with Crippen molar-refractivity contribution in [3.63, 3.8) is 0 Å². The molecule has 152 valence electrons. The molecule has 0 aliphatic carbocycles. The third kappa shape index (κ3) is 6.53. The topological polar surface area (TPSA) is 75.7 Å². The summed E-state index contributed by atoms with van der Waals surface area (Å²) >= 11 is 0. The van der Waals surface area contributed by atoms with Crippen molar-refractivity contribution in [1.29, 1.82) is 0 Å². The zero-order chi connectivity index (χ0) is 20.7. The van der Waals surface area contributed by atoms with Crippen LogP contribution in [0.1, 0.15) is 25.8 Å². The molecule has 8 heteroatoms. The molecule has 0 saturated carbocycles. The highest BCUT2D eigenvalue weighted by atomic mass is 32.2. The predicted octanol–water partition coefficient (Wildman–Crippen LogP) is 3.09. The summed E-state index contributed by atoms with van der Waals surface area (Å²) in [5.41, 5.74) is 1.11. The summed E-state index contributed by atoms with van der Waals surface area (Å²) in [5.74, 6) is -0.140. The lowest BCUT2D eigenvalue weighted by Gasteiger charge is -2.23. The molecule has 0 aliphatic heterocycles. The monoisotopic (exact) mass is 408 g/mol. The van der Waals surface area contributed by atoms with Crippen molar-refractivity contribution in [3.05, 3.63) is 59.9 Å². The summed E-state index contributed by atoms with van der Waals surface area (Å²) in [6.07, 6.45) is 1.94. The van der Waals surface area contributed by atoms with E-state index in [9.17, 15) is 17.6 Å². The predicted molar refractivity (Wildman–Crippen MR) is 107 cm³/mol. The van der Waals surface area contributed by atoms with Crippen molar-refractivity contribution < 1.29 is 22.3 Å². The van der Waals surface area contributed by atoms with Crippen LogP contribution in [-0.4, -0.2) is 33.2 Å². The van der Waals surface area contributed by atoms with E-state index in [2.05, 4.69) is 5.32 Å². The Morgan fingerprint density at radius 3 is 2.29 bits per heavy atom. The fraction of sp³-hybridized carbons (Fsp3) is 0.350. The molecule has 1 atom stereocenters. The first-order valence-corrected chi connectivity index (χ1v) is 10.8. The van der Waals surface area contributed by atoms with E-state index in [1.54, 1.807) is 36.4 Å². The lowest BCUT2D eigenvalue weighted by Crippen LogP contribution is -2.35. The Morgan fingerprint density at radius 2 is 1.75 bits per heavy atom. The summed E-state index contributed by atoms with van der Waals surface area (Å²) in [7, 11) is -3.55. The molecule has 0 bridgehead atoms. The van der Waals surface area contributed by atoms with Gasteiger partial charge >= 0.3 is 0 Å². The summed E-state index contributed by atoms with van der Waals surface area (Å²) in [5, 5.41) is 2.80. The van der Waals surface area contributed by atoms with Gasteiger partial charge in [-0.3, -0.25) is 9.10 Å². The summed E-state index contributed by atoms with van der Waals surface area (Å²) in [6, 6.07) is 12.2. The van der Waals surface area contributed by atoms with Crippen LogP contribution in [0.15, 0.2) is 48.5 Å². The molecule has 2 rings (SSSR count). The van der Waals surface area contributed by atoms with Crippen LogP contribution < -0.4 is 14.4 Å². The quantitative estimate of drug-likeness (QED) is 0.692. The second-order valence-electron chi connectivity index (χ2n) is 6.56. The lowest BCUT2D eigenvalue weighted by molar-refractivity contribution is -0.123. The number of nitrogens with one attached hydrogen (secondary N) is 1. The van der Waals surface area contributed by atoms with Gasteiger partial charge < -0.3 is 10.1 Å². The number of ether oxygens (including phenoxy) is 1. The SMILES string of the molecule is CC[C@H](C)NC(=O)COc1ccc(N(Cc2ccc(F)cc2)S(C)(=O)=O)cc1. The van der Waals surface area contributed by atoms with Gasteiger partial charge in [-0.2, -0.15) is 0 Å². The third-order valence-corrected chi connectivity index (χ3v) is 5.29. The number of carbonyl (C=O) groups excluding carboxylic acids is 1. The number of halogens is 1. The molecule has 0 heterocycles. The van der Waals surface area contributed by atoms with Crippen LogP contribution in [0.25, 0.3) is 0 Å². The molecule has 0 unspecified atom stereocenters. The van der Waals surface area contributed by atoms with Gasteiger partial charge in [0.1, 0.15) is 11.6 Å². The van der Waals surface area contributed by atoms with Crippen molar-refractivity contribution in [1.82, 2.24) is 5.32 Å². The Labute approximate surface area is 165 Å². The van der Waals surface area contributed by atoms with E-state index >= 15 is 0 Å². The molecule has 1 N–H and O–H groups in total. The highest BCUT2D eigenvalue weighted by Crippen LogP contribution is 2.23. The first kappa shape index (κ1) is 21.7. The number of benzene rings is 2. The zero-order valence-corrected chi connectivity index (χ0v) is 17.0. The molecule has 1 amide bonds. The number of amides is 1. The Hall–Kier alpha value is -2.61. The van der Waals surface area contributed by atoms with Crippen molar-refractivity contribution >= 4 is 21.6 Å². The van der Waals surface area contributed by atoms with Crippen LogP contribution >= 0.6 is 0 Å². The third-order valence-electron chi connectivity index (χ3n) is 4.15. The minimum atomic E-state index is -3.55. The minimum Gasteiger partial charge on any atom is -0.484 e. The number of nitrogens with zero attached hydrogens (tertiary/aromatic N) is 1. The highest BCUT2D eigenvalue weighted by molar-refractivity contribution is 7.92. The fourth-order valence-electron chi connectivity index (χ4n) is 2.43. The second kappa shape index (κ2) is 9.54. The maximum atomic E-state index is 13.1. The molecule has 0 aliphatic rings. The average molecular weight is 408 g/mol. The molecular weight excluding hydrogens is 383 g/mol. The smallest absolute Gasteiger partial charge is 0.258 e. The van der Waals surface area contributed by atoms with Gasteiger partial charge in [0.2, 0.25) is 10.0 Å². The van der Waals surface area contributed by atoms with Crippen LogP contribution in [0.5, 0.6) is 5.75 Å². The van der Waals surface area contributed by atoms with E-state index < -0.39 is 10.0 Å².